The molecule has 1 aliphatic heterocycles. The van der Waals surface area contributed by atoms with Gasteiger partial charge >= 0.3 is 0 Å². The van der Waals surface area contributed by atoms with Crippen LogP contribution >= 0.6 is 0 Å². The number of imide groups is 1. The van der Waals surface area contributed by atoms with Gasteiger partial charge in [0, 0.05) is 18.0 Å². The molecule has 2 heterocycles. The fraction of sp³-hybridized carbons (Fsp3) is 0.214. The van der Waals surface area contributed by atoms with Crippen molar-refractivity contribution in [1.29, 1.82) is 0 Å². The van der Waals surface area contributed by atoms with E-state index in [9.17, 15) is 9.59 Å². The van der Waals surface area contributed by atoms with Crippen LogP contribution in [0.5, 0.6) is 0 Å². The van der Waals surface area contributed by atoms with E-state index in [4.69, 9.17) is 0 Å². The van der Waals surface area contributed by atoms with E-state index in [1.165, 1.54) is 7.05 Å². The second kappa shape index (κ2) is 3.78. The van der Waals surface area contributed by atoms with Gasteiger partial charge < -0.3 is 0 Å². The number of amides is 2. The van der Waals surface area contributed by atoms with Crippen molar-refractivity contribution in [2.45, 2.75) is 13.8 Å². The number of nitrogens with zero attached hydrogens (tertiary/aromatic N) is 3. The van der Waals surface area contributed by atoms with Gasteiger partial charge in [-0.05, 0) is 19.9 Å². The highest BCUT2D eigenvalue weighted by Crippen LogP contribution is 2.27. The van der Waals surface area contributed by atoms with Crippen LogP contribution in [0, 0.1) is 6.92 Å². The van der Waals surface area contributed by atoms with Gasteiger partial charge in [0.25, 0.3) is 11.8 Å². The molecule has 1 aromatic heterocycles. The molecule has 0 bridgehead atoms. The summed E-state index contributed by atoms with van der Waals surface area (Å²) in [7, 11) is 1.49. The first-order chi connectivity index (χ1) is 9.02. The van der Waals surface area contributed by atoms with Crippen molar-refractivity contribution in [2.75, 3.05) is 7.05 Å². The van der Waals surface area contributed by atoms with Gasteiger partial charge in [-0.1, -0.05) is 18.2 Å². The molecular formula is C14H13N3O2. The highest BCUT2D eigenvalue weighted by molar-refractivity contribution is 6.32. The lowest BCUT2D eigenvalue weighted by molar-refractivity contribution is -0.135. The molecule has 2 amide bonds. The number of fused-ring (bicyclic) bond motifs is 1. The molecule has 0 spiro atoms. The van der Waals surface area contributed by atoms with Crippen LogP contribution in [0.4, 0.5) is 0 Å². The van der Waals surface area contributed by atoms with Gasteiger partial charge in [-0.3, -0.25) is 14.5 Å². The molecule has 2 aromatic rings. The van der Waals surface area contributed by atoms with Gasteiger partial charge in [0.15, 0.2) is 0 Å². The number of rotatable bonds is 1. The van der Waals surface area contributed by atoms with E-state index >= 15 is 0 Å². The Bertz CT molecular complexity index is 755. The number of hydrogen-bond acceptors (Lipinski definition) is 3. The number of likely N-dealkylation sites (N-methyl/N-ethyl adjacent to an activating group) is 1. The summed E-state index contributed by atoms with van der Waals surface area (Å²) < 4.78 is 1.57. The zero-order valence-electron chi connectivity index (χ0n) is 11.0. The van der Waals surface area contributed by atoms with Crippen molar-refractivity contribution in [3.63, 3.8) is 0 Å². The fourth-order valence-corrected chi connectivity index (χ4v) is 2.41. The first-order valence-electron chi connectivity index (χ1n) is 6.00. The van der Waals surface area contributed by atoms with Crippen molar-refractivity contribution in [2.24, 2.45) is 0 Å². The van der Waals surface area contributed by atoms with E-state index in [1.807, 2.05) is 31.2 Å². The van der Waals surface area contributed by atoms with Gasteiger partial charge in [-0.15, -0.1) is 0 Å². The second-order valence-corrected chi connectivity index (χ2v) is 4.66. The Morgan fingerprint density at radius 2 is 1.74 bits per heavy atom. The summed E-state index contributed by atoms with van der Waals surface area (Å²) >= 11 is 0. The zero-order chi connectivity index (χ0) is 13.7. The maximum atomic E-state index is 12.2. The summed E-state index contributed by atoms with van der Waals surface area (Å²) in [5.74, 6) is -0.576. The molecule has 1 aromatic carbocycles. The lowest BCUT2D eigenvalue weighted by atomic mass is 10.2. The van der Waals surface area contributed by atoms with Crippen molar-refractivity contribution in [3.8, 4) is 0 Å². The molecular weight excluding hydrogens is 242 g/mol. The van der Waals surface area contributed by atoms with Gasteiger partial charge in [0.2, 0.25) is 0 Å². The molecule has 0 saturated heterocycles. The molecule has 96 valence electrons. The van der Waals surface area contributed by atoms with E-state index in [-0.39, 0.29) is 11.8 Å². The molecule has 0 saturated carbocycles. The third-order valence-electron chi connectivity index (χ3n) is 3.47. The number of para-hydroxylation sites is 1. The number of aryl methyl sites for hydroxylation is 1. The average molecular weight is 255 g/mol. The monoisotopic (exact) mass is 255 g/mol. The summed E-state index contributed by atoms with van der Waals surface area (Å²) in [6.45, 7) is 3.55. The minimum atomic E-state index is -0.309. The molecule has 0 aliphatic carbocycles. The third kappa shape index (κ3) is 1.44. The van der Waals surface area contributed by atoms with Crippen LogP contribution in [0.3, 0.4) is 0 Å². The van der Waals surface area contributed by atoms with Crippen LogP contribution in [0.15, 0.2) is 29.8 Å². The molecule has 0 radical (unpaired) electrons. The molecule has 19 heavy (non-hydrogen) atoms. The van der Waals surface area contributed by atoms with Gasteiger partial charge in [-0.25, -0.2) is 4.68 Å². The minimum absolute atomic E-state index is 0.266. The van der Waals surface area contributed by atoms with Gasteiger partial charge in [-0.2, -0.15) is 5.10 Å². The number of carbonyl (C=O) groups is 2. The van der Waals surface area contributed by atoms with Crippen LogP contribution in [0.1, 0.15) is 12.6 Å². The summed E-state index contributed by atoms with van der Waals surface area (Å²) in [6, 6.07) is 7.66. The van der Waals surface area contributed by atoms with Crippen LogP contribution in [-0.4, -0.2) is 33.5 Å². The molecule has 0 fully saturated rings. The van der Waals surface area contributed by atoms with Crippen LogP contribution in [0.2, 0.25) is 0 Å². The summed E-state index contributed by atoms with van der Waals surface area (Å²) in [4.78, 5) is 25.1. The highest BCUT2D eigenvalue weighted by Gasteiger charge is 2.35. The largest absolute Gasteiger partial charge is 0.279 e. The molecule has 0 N–H and O–H groups in total. The predicted octanol–water partition coefficient (Wildman–Crippen LogP) is 1.57. The van der Waals surface area contributed by atoms with Crippen molar-refractivity contribution < 1.29 is 9.59 Å². The van der Waals surface area contributed by atoms with E-state index < -0.39 is 0 Å². The van der Waals surface area contributed by atoms with Gasteiger partial charge in [0.1, 0.15) is 5.70 Å². The Balaban J connectivity index is 2.32. The highest BCUT2D eigenvalue weighted by atomic mass is 16.2. The first kappa shape index (κ1) is 11.6. The molecule has 0 atom stereocenters. The summed E-state index contributed by atoms with van der Waals surface area (Å²) in [5.41, 5.74) is 2.45. The predicted molar refractivity (Wildman–Crippen MR) is 71.1 cm³/mol. The second-order valence-electron chi connectivity index (χ2n) is 4.66. The molecule has 5 heteroatoms. The fourth-order valence-electron chi connectivity index (χ4n) is 2.41. The van der Waals surface area contributed by atoms with Gasteiger partial charge in [0.05, 0.1) is 11.2 Å². The Morgan fingerprint density at radius 3 is 2.37 bits per heavy atom. The Kier molecular flexibility index (Phi) is 2.32. The number of benzene rings is 1. The lowest BCUT2D eigenvalue weighted by Gasteiger charge is -2.07. The third-order valence-corrected chi connectivity index (χ3v) is 3.47. The van der Waals surface area contributed by atoms with E-state index in [1.54, 1.807) is 11.6 Å². The quantitative estimate of drug-likeness (QED) is 0.727. The van der Waals surface area contributed by atoms with Crippen molar-refractivity contribution in [1.82, 2.24) is 14.7 Å². The summed E-state index contributed by atoms with van der Waals surface area (Å²) in [6.07, 6.45) is 0. The molecule has 3 rings (SSSR count). The standard InChI is InChI=1S/C14H13N3O2/c1-8-12(14(19)16(3)13(8)18)17-11-7-5-4-6-10(11)9(2)15-17/h4-7H,1-3H3. The number of hydrogen-bond donors (Lipinski definition) is 0. The summed E-state index contributed by atoms with van der Waals surface area (Å²) in [5, 5.41) is 5.38. The van der Waals surface area contributed by atoms with Crippen LogP contribution < -0.4 is 0 Å². The average Bonchev–Trinajstić information content (AvgIpc) is 2.83. The number of carbonyl (C=O) groups excluding carboxylic acids is 2. The van der Waals surface area contributed by atoms with E-state index in [2.05, 4.69) is 5.10 Å². The van der Waals surface area contributed by atoms with Crippen molar-refractivity contribution in [3.05, 3.63) is 35.5 Å². The number of aromatic nitrogens is 2. The topological polar surface area (TPSA) is 55.2 Å². The van der Waals surface area contributed by atoms with Crippen LogP contribution in [0.25, 0.3) is 16.6 Å². The minimum Gasteiger partial charge on any atom is -0.276 e. The zero-order valence-corrected chi connectivity index (χ0v) is 11.0. The maximum absolute atomic E-state index is 12.2. The van der Waals surface area contributed by atoms with Crippen molar-refractivity contribution >= 4 is 28.4 Å². The lowest BCUT2D eigenvalue weighted by Crippen LogP contribution is -2.27. The SMILES string of the molecule is CC1=C(n2nc(C)c3ccccc32)C(=O)N(C)C1=O. The smallest absolute Gasteiger partial charge is 0.276 e. The molecule has 0 unspecified atom stereocenters. The van der Waals surface area contributed by atoms with E-state index in [0.717, 1.165) is 21.5 Å². The Morgan fingerprint density at radius 1 is 1.05 bits per heavy atom. The maximum Gasteiger partial charge on any atom is 0.279 e. The molecule has 5 nitrogen and oxygen atoms in total. The van der Waals surface area contributed by atoms with Crippen LogP contribution in [-0.2, 0) is 9.59 Å². The Labute approximate surface area is 110 Å². The Hall–Kier alpha value is -2.43. The normalized spacial score (nSPS) is 16.1. The molecule has 1 aliphatic rings. The van der Waals surface area contributed by atoms with E-state index in [0.29, 0.717) is 11.3 Å². The first-order valence-corrected chi connectivity index (χ1v) is 6.00.